The second-order valence-corrected chi connectivity index (χ2v) is 9.72. The topological polar surface area (TPSA) is 86.3 Å². The van der Waals surface area contributed by atoms with Gasteiger partial charge in [-0.3, -0.25) is 0 Å². The molecule has 1 N–H and O–H groups in total. The Bertz CT molecular complexity index is 1350. The van der Waals surface area contributed by atoms with Crippen molar-refractivity contribution in [3.05, 3.63) is 83.4 Å². The highest BCUT2D eigenvalue weighted by Gasteiger charge is 2.39. The second-order valence-electron chi connectivity index (χ2n) is 7.90. The summed E-state index contributed by atoms with van der Waals surface area (Å²) in [6.07, 6.45) is 1.84. The normalized spacial score (nSPS) is 15.8. The highest BCUT2D eigenvalue weighted by atomic mass is 32.2. The van der Waals surface area contributed by atoms with Gasteiger partial charge in [0, 0.05) is 11.1 Å². The van der Waals surface area contributed by atoms with Gasteiger partial charge in [0.05, 0.1) is 45.1 Å². The average Bonchev–Trinajstić information content (AvgIpc) is 3.34. The van der Waals surface area contributed by atoms with Gasteiger partial charge in [0.25, 0.3) is 10.0 Å². The van der Waals surface area contributed by atoms with Crippen LogP contribution in [-0.2, 0) is 10.0 Å². The third kappa shape index (κ3) is 4.52. The van der Waals surface area contributed by atoms with Crippen molar-refractivity contribution in [2.45, 2.75) is 17.9 Å². The minimum atomic E-state index is -3.95. The van der Waals surface area contributed by atoms with Gasteiger partial charge in [0.15, 0.2) is 23.0 Å². The Labute approximate surface area is 205 Å². The first-order valence-electron chi connectivity index (χ1n) is 10.9. The molecular weight excluding hydrogens is 468 g/mol. The Hall–Kier alpha value is -3.69. The first-order chi connectivity index (χ1) is 16.8. The number of sulfonamides is 1. The molecule has 0 unspecified atom stereocenters. The number of rotatable bonds is 8. The molecule has 0 radical (unpaired) electrons. The van der Waals surface area contributed by atoms with E-state index in [-0.39, 0.29) is 4.90 Å². The molecule has 0 fully saturated rings. The van der Waals surface area contributed by atoms with E-state index in [0.29, 0.717) is 34.3 Å². The van der Waals surface area contributed by atoms with E-state index in [1.807, 2.05) is 25.1 Å². The number of methoxy groups -OCH3 is 4. The van der Waals surface area contributed by atoms with Crippen LogP contribution in [0.4, 0.5) is 0 Å². The van der Waals surface area contributed by atoms with Gasteiger partial charge in [-0.1, -0.05) is 29.8 Å². The maximum atomic E-state index is 13.8. The molecule has 0 saturated heterocycles. The zero-order valence-corrected chi connectivity index (χ0v) is 21.0. The SMILES string of the molecule is COc1ccc(C2=C[C@@H](c3cccc(OC)c3OC)N(S(=O)(=O)c3ccc(C)cc3)N2)cc1OC. The zero-order chi connectivity index (χ0) is 25.2. The fraction of sp³-hybridized carbons (Fsp3) is 0.231. The van der Waals surface area contributed by atoms with E-state index >= 15 is 0 Å². The standard InChI is InChI=1S/C26H28N2O6S/c1-17-9-12-19(13-10-17)35(29,30)28-22(20-7-6-8-24(32-3)26(20)34-5)16-21(27-28)18-11-14-23(31-2)25(15-18)33-4/h6-16,22,27H,1-5H3/t22-/m0/s1. The predicted molar refractivity (Wildman–Crippen MR) is 133 cm³/mol. The van der Waals surface area contributed by atoms with Crippen LogP contribution in [0.15, 0.2) is 71.6 Å². The van der Waals surface area contributed by atoms with Crippen molar-refractivity contribution in [1.82, 2.24) is 9.84 Å². The van der Waals surface area contributed by atoms with Gasteiger partial charge in [-0.25, -0.2) is 8.42 Å². The van der Waals surface area contributed by atoms with Gasteiger partial charge in [-0.15, -0.1) is 4.41 Å². The zero-order valence-electron chi connectivity index (χ0n) is 20.2. The average molecular weight is 497 g/mol. The molecule has 1 aliphatic rings. The molecule has 9 heteroatoms. The van der Waals surface area contributed by atoms with Crippen molar-refractivity contribution in [2.75, 3.05) is 28.4 Å². The Kier molecular flexibility index (Phi) is 6.90. The minimum Gasteiger partial charge on any atom is -0.493 e. The van der Waals surface area contributed by atoms with Crippen molar-refractivity contribution in [3.63, 3.8) is 0 Å². The number of hydrogen-bond acceptors (Lipinski definition) is 7. The largest absolute Gasteiger partial charge is 0.493 e. The van der Waals surface area contributed by atoms with Crippen molar-refractivity contribution in [1.29, 1.82) is 0 Å². The maximum absolute atomic E-state index is 13.8. The number of para-hydroxylation sites is 1. The van der Waals surface area contributed by atoms with E-state index < -0.39 is 16.1 Å². The maximum Gasteiger partial charge on any atom is 0.260 e. The molecule has 35 heavy (non-hydrogen) atoms. The molecule has 4 rings (SSSR count). The predicted octanol–water partition coefficient (Wildman–Crippen LogP) is 4.32. The summed E-state index contributed by atoms with van der Waals surface area (Å²) >= 11 is 0. The molecule has 184 valence electrons. The van der Waals surface area contributed by atoms with Gasteiger partial charge in [-0.05, 0) is 49.4 Å². The van der Waals surface area contributed by atoms with Crippen LogP contribution in [0, 0.1) is 6.92 Å². The molecule has 0 spiro atoms. The van der Waals surface area contributed by atoms with Gasteiger partial charge >= 0.3 is 0 Å². The third-order valence-electron chi connectivity index (χ3n) is 5.83. The fourth-order valence-electron chi connectivity index (χ4n) is 4.01. The van der Waals surface area contributed by atoms with Crippen LogP contribution in [-0.4, -0.2) is 41.3 Å². The Morgan fingerprint density at radius 1 is 0.800 bits per heavy atom. The summed E-state index contributed by atoms with van der Waals surface area (Å²) in [5, 5.41) is 0. The van der Waals surface area contributed by atoms with Crippen LogP contribution in [0.25, 0.3) is 5.70 Å². The highest BCUT2D eigenvalue weighted by molar-refractivity contribution is 7.89. The molecule has 3 aromatic carbocycles. The molecule has 1 atom stereocenters. The van der Waals surface area contributed by atoms with Gasteiger partial charge in [-0.2, -0.15) is 0 Å². The lowest BCUT2D eigenvalue weighted by molar-refractivity contribution is 0.321. The van der Waals surface area contributed by atoms with Crippen LogP contribution in [0.2, 0.25) is 0 Å². The van der Waals surface area contributed by atoms with Gasteiger partial charge in [0.1, 0.15) is 0 Å². The van der Waals surface area contributed by atoms with E-state index in [0.717, 1.165) is 11.1 Å². The van der Waals surface area contributed by atoms with Crippen molar-refractivity contribution < 1.29 is 27.4 Å². The third-order valence-corrected chi connectivity index (χ3v) is 7.54. The Morgan fingerprint density at radius 2 is 1.49 bits per heavy atom. The fourth-order valence-corrected chi connectivity index (χ4v) is 5.41. The number of nitrogens with zero attached hydrogens (tertiary/aromatic N) is 1. The molecule has 3 aromatic rings. The minimum absolute atomic E-state index is 0.171. The number of nitrogens with one attached hydrogen (secondary N) is 1. The van der Waals surface area contributed by atoms with E-state index in [1.165, 1.54) is 11.5 Å². The van der Waals surface area contributed by atoms with E-state index in [2.05, 4.69) is 5.43 Å². The number of benzene rings is 3. The molecule has 1 aliphatic heterocycles. The van der Waals surface area contributed by atoms with Crippen LogP contribution in [0.3, 0.4) is 0 Å². The van der Waals surface area contributed by atoms with Crippen LogP contribution in [0.5, 0.6) is 23.0 Å². The Morgan fingerprint density at radius 3 is 2.11 bits per heavy atom. The van der Waals surface area contributed by atoms with Crippen molar-refractivity contribution in [3.8, 4) is 23.0 Å². The number of hydrogen-bond donors (Lipinski definition) is 1. The van der Waals surface area contributed by atoms with E-state index in [9.17, 15) is 8.42 Å². The quantitative estimate of drug-likeness (QED) is 0.497. The van der Waals surface area contributed by atoms with Crippen molar-refractivity contribution in [2.24, 2.45) is 0 Å². The van der Waals surface area contributed by atoms with E-state index in [1.54, 1.807) is 69.9 Å². The van der Waals surface area contributed by atoms with Crippen LogP contribution in [0.1, 0.15) is 22.7 Å². The van der Waals surface area contributed by atoms with Gasteiger partial charge < -0.3 is 24.4 Å². The summed E-state index contributed by atoms with van der Waals surface area (Å²) in [7, 11) is 2.24. The van der Waals surface area contributed by atoms with Crippen molar-refractivity contribution >= 4 is 15.7 Å². The summed E-state index contributed by atoms with van der Waals surface area (Å²) in [4.78, 5) is 0.171. The smallest absolute Gasteiger partial charge is 0.260 e. The molecule has 0 amide bonds. The second kappa shape index (κ2) is 9.89. The van der Waals surface area contributed by atoms with Crippen LogP contribution < -0.4 is 24.4 Å². The number of ether oxygens (including phenoxy) is 4. The number of hydrazine groups is 1. The molecular formula is C26H28N2O6S. The summed E-state index contributed by atoms with van der Waals surface area (Å²) in [5.41, 5.74) is 6.02. The van der Waals surface area contributed by atoms with E-state index in [4.69, 9.17) is 18.9 Å². The lowest BCUT2D eigenvalue weighted by Crippen LogP contribution is -2.39. The summed E-state index contributed by atoms with van der Waals surface area (Å²) in [6, 6.07) is 16.8. The molecule has 0 aliphatic carbocycles. The highest BCUT2D eigenvalue weighted by Crippen LogP contribution is 2.43. The first kappa shape index (κ1) is 24.4. The monoisotopic (exact) mass is 496 g/mol. The number of aryl methyl sites for hydroxylation is 1. The molecule has 1 heterocycles. The molecule has 0 bridgehead atoms. The lowest BCUT2D eigenvalue weighted by atomic mass is 10.0. The Balaban J connectivity index is 1.86. The lowest BCUT2D eigenvalue weighted by Gasteiger charge is -2.26. The van der Waals surface area contributed by atoms with Crippen LogP contribution >= 0.6 is 0 Å². The first-order valence-corrected chi connectivity index (χ1v) is 12.3. The van der Waals surface area contributed by atoms with Gasteiger partial charge in [0.2, 0.25) is 0 Å². The summed E-state index contributed by atoms with van der Waals surface area (Å²) in [5.74, 6) is 2.06. The summed E-state index contributed by atoms with van der Waals surface area (Å²) < 4.78 is 50.7. The molecule has 0 saturated carbocycles. The molecule has 0 aromatic heterocycles. The molecule has 8 nitrogen and oxygen atoms in total. The summed E-state index contributed by atoms with van der Waals surface area (Å²) in [6.45, 7) is 1.91.